The van der Waals surface area contributed by atoms with E-state index in [1.165, 1.54) is 6.92 Å². The van der Waals surface area contributed by atoms with Crippen LogP contribution in [0.5, 0.6) is 0 Å². The summed E-state index contributed by atoms with van der Waals surface area (Å²) in [6.07, 6.45) is 1.79. The van der Waals surface area contributed by atoms with Crippen molar-refractivity contribution >= 4 is 29.2 Å². The Morgan fingerprint density at radius 2 is 2.25 bits per heavy atom. The summed E-state index contributed by atoms with van der Waals surface area (Å²) >= 11 is 11.8. The largest absolute Gasteiger partial charge is 0.457 e. The van der Waals surface area contributed by atoms with E-state index in [0.29, 0.717) is 16.5 Å². The lowest BCUT2D eigenvalue weighted by atomic mass is 10.1. The van der Waals surface area contributed by atoms with E-state index in [-0.39, 0.29) is 5.97 Å². The standard InChI is InChI=1S/C12H12Cl2O2/c1-3-4-12(16-8(2)15)10-6-5-9(13)7-11(10)14/h3,5-7,12H,1,4H2,2H3/t12-/m0/s1. The van der Waals surface area contributed by atoms with Crippen LogP contribution < -0.4 is 0 Å². The zero-order valence-electron chi connectivity index (χ0n) is 8.87. The zero-order chi connectivity index (χ0) is 12.1. The molecule has 0 amide bonds. The van der Waals surface area contributed by atoms with Gasteiger partial charge in [0, 0.05) is 29.0 Å². The van der Waals surface area contributed by atoms with Gasteiger partial charge in [0.1, 0.15) is 6.10 Å². The molecule has 1 aromatic carbocycles. The summed E-state index contributed by atoms with van der Waals surface area (Å²) in [6.45, 7) is 4.98. The highest BCUT2D eigenvalue weighted by atomic mass is 35.5. The van der Waals surface area contributed by atoms with Crippen LogP contribution in [-0.2, 0) is 9.53 Å². The van der Waals surface area contributed by atoms with Crippen molar-refractivity contribution < 1.29 is 9.53 Å². The lowest BCUT2D eigenvalue weighted by molar-refractivity contribution is -0.146. The van der Waals surface area contributed by atoms with Crippen molar-refractivity contribution in [3.63, 3.8) is 0 Å². The summed E-state index contributed by atoms with van der Waals surface area (Å²) in [5, 5.41) is 1.04. The molecular formula is C12H12Cl2O2. The molecule has 0 radical (unpaired) electrons. The predicted octanol–water partition coefficient (Wildman–Crippen LogP) is 4.17. The molecule has 1 rings (SSSR count). The number of esters is 1. The van der Waals surface area contributed by atoms with E-state index in [2.05, 4.69) is 6.58 Å². The number of benzene rings is 1. The summed E-state index contributed by atoms with van der Waals surface area (Å²) in [6, 6.07) is 5.09. The lowest BCUT2D eigenvalue weighted by Gasteiger charge is -2.17. The minimum Gasteiger partial charge on any atom is -0.457 e. The molecule has 0 aromatic heterocycles. The van der Waals surface area contributed by atoms with Gasteiger partial charge in [-0.1, -0.05) is 35.3 Å². The van der Waals surface area contributed by atoms with Gasteiger partial charge in [0.2, 0.25) is 0 Å². The van der Waals surface area contributed by atoms with Crippen LogP contribution in [0.15, 0.2) is 30.9 Å². The quantitative estimate of drug-likeness (QED) is 0.599. The number of ether oxygens (including phenoxy) is 1. The molecular weight excluding hydrogens is 247 g/mol. The third-order valence-corrected chi connectivity index (χ3v) is 2.56. The summed E-state index contributed by atoms with van der Waals surface area (Å²) in [5.41, 5.74) is 0.737. The van der Waals surface area contributed by atoms with Gasteiger partial charge >= 0.3 is 5.97 Å². The van der Waals surface area contributed by atoms with Gasteiger partial charge in [-0.05, 0) is 12.1 Å². The van der Waals surface area contributed by atoms with Gasteiger partial charge in [-0.3, -0.25) is 4.79 Å². The monoisotopic (exact) mass is 258 g/mol. The Balaban J connectivity index is 3.00. The van der Waals surface area contributed by atoms with Crippen LogP contribution in [0, 0.1) is 0 Å². The van der Waals surface area contributed by atoms with Crippen LogP contribution in [0.1, 0.15) is 25.0 Å². The van der Waals surface area contributed by atoms with E-state index in [4.69, 9.17) is 27.9 Å². The second-order valence-corrected chi connectivity index (χ2v) is 4.13. The molecule has 0 N–H and O–H groups in total. The molecule has 1 aromatic rings. The number of halogens is 2. The lowest BCUT2D eigenvalue weighted by Crippen LogP contribution is -2.08. The molecule has 0 saturated heterocycles. The Morgan fingerprint density at radius 3 is 2.75 bits per heavy atom. The van der Waals surface area contributed by atoms with Crippen molar-refractivity contribution in [2.24, 2.45) is 0 Å². The SMILES string of the molecule is C=CC[C@H](OC(C)=O)c1ccc(Cl)cc1Cl. The molecule has 0 aliphatic carbocycles. The maximum atomic E-state index is 11.0. The van der Waals surface area contributed by atoms with Crippen LogP contribution in [-0.4, -0.2) is 5.97 Å². The molecule has 86 valence electrons. The van der Waals surface area contributed by atoms with Gasteiger partial charge in [-0.15, -0.1) is 6.58 Å². The second-order valence-electron chi connectivity index (χ2n) is 3.29. The first kappa shape index (κ1) is 13.1. The fraction of sp³-hybridized carbons (Fsp3) is 0.250. The van der Waals surface area contributed by atoms with Gasteiger partial charge in [-0.25, -0.2) is 0 Å². The van der Waals surface area contributed by atoms with E-state index < -0.39 is 6.10 Å². The number of carbonyl (C=O) groups excluding carboxylic acids is 1. The Labute approximate surface area is 105 Å². The topological polar surface area (TPSA) is 26.3 Å². The molecule has 0 fully saturated rings. The molecule has 0 aliphatic heterocycles. The number of carbonyl (C=O) groups is 1. The first-order valence-electron chi connectivity index (χ1n) is 4.77. The number of hydrogen-bond acceptors (Lipinski definition) is 2. The van der Waals surface area contributed by atoms with Crippen LogP contribution >= 0.6 is 23.2 Å². The van der Waals surface area contributed by atoms with Crippen LogP contribution in [0.2, 0.25) is 10.0 Å². The van der Waals surface area contributed by atoms with E-state index in [9.17, 15) is 4.79 Å². The molecule has 1 atom stereocenters. The molecule has 16 heavy (non-hydrogen) atoms. The average molecular weight is 259 g/mol. The van der Waals surface area contributed by atoms with Gasteiger partial charge < -0.3 is 4.74 Å². The van der Waals surface area contributed by atoms with E-state index in [0.717, 1.165) is 5.56 Å². The third-order valence-electron chi connectivity index (χ3n) is 2.00. The van der Waals surface area contributed by atoms with E-state index in [1.54, 1.807) is 24.3 Å². The fourth-order valence-corrected chi connectivity index (χ4v) is 1.88. The average Bonchev–Trinajstić information content (AvgIpc) is 2.16. The predicted molar refractivity (Wildman–Crippen MR) is 65.8 cm³/mol. The molecule has 2 nitrogen and oxygen atoms in total. The first-order valence-corrected chi connectivity index (χ1v) is 5.53. The maximum Gasteiger partial charge on any atom is 0.303 e. The summed E-state index contributed by atoms with van der Waals surface area (Å²) in [5.74, 6) is -0.349. The van der Waals surface area contributed by atoms with E-state index in [1.807, 2.05) is 0 Å². The Hall–Kier alpha value is -0.990. The van der Waals surface area contributed by atoms with Crippen molar-refractivity contribution in [2.45, 2.75) is 19.4 Å². The molecule has 4 heteroatoms. The van der Waals surface area contributed by atoms with Gasteiger partial charge in [0.25, 0.3) is 0 Å². The van der Waals surface area contributed by atoms with Crippen LogP contribution in [0.25, 0.3) is 0 Å². The minimum atomic E-state index is -0.403. The third kappa shape index (κ3) is 3.54. The zero-order valence-corrected chi connectivity index (χ0v) is 10.4. The second kappa shape index (κ2) is 5.92. The Bertz CT molecular complexity index is 402. The van der Waals surface area contributed by atoms with Crippen molar-refractivity contribution in [1.82, 2.24) is 0 Å². The van der Waals surface area contributed by atoms with Crippen molar-refractivity contribution in [3.8, 4) is 0 Å². The maximum absolute atomic E-state index is 11.0. The number of rotatable bonds is 4. The summed E-state index contributed by atoms with van der Waals surface area (Å²) in [4.78, 5) is 11.0. The molecule has 0 bridgehead atoms. The van der Waals surface area contributed by atoms with Crippen molar-refractivity contribution in [2.75, 3.05) is 0 Å². The van der Waals surface area contributed by atoms with E-state index >= 15 is 0 Å². The smallest absolute Gasteiger partial charge is 0.303 e. The van der Waals surface area contributed by atoms with Gasteiger partial charge in [-0.2, -0.15) is 0 Å². The molecule has 0 aliphatic rings. The normalized spacial score (nSPS) is 11.9. The van der Waals surface area contributed by atoms with Crippen LogP contribution in [0.3, 0.4) is 0 Å². The van der Waals surface area contributed by atoms with Gasteiger partial charge in [0.15, 0.2) is 0 Å². The molecule has 0 heterocycles. The van der Waals surface area contributed by atoms with Crippen LogP contribution in [0.4, 0.5) is 0 Å². The summed E-state index contributed by atoms with van der Waals surface area (Å²) in [7, 11) is 0. The van der Waals surface area contributed by atoms with Gasteiger partial charge in [0.05, 0.1) is 0 Å². The van der Waals surface area contributed by atoms with Crippen molar-refractivity contribution in [1.29, 1.82) is 0 Å². The Morgan fingerprint density at radius 1 is 1.56 bits per heavy atom. The summed E-state index contributed by atoms with van der Waals surface area (Å²) < 4.78 is 5.16. The Kier molecular flexibility index (Phi) is 4.84. The fourth-order valence-electron chi connectivity index (χ4n) is 1.35. The highest BCUT2D eigenvalue weighted by molar-refractivity contribution is 6.35. The minimum absolute atomic E-state index is 0.349. The highest BCUT2D eigenvalue weighted by Crippen LogP contribution is 2.30. The van der Waals surface area contributed by atoms with Crippen molar-refractivity contribution in [3.05, 3.63) is 46.5 Å². The number of hydrogen-bond donors (Lipinski definition) is 0. The molecule has 0 saturated carbocycles. The highest BCUT2D eigenvalue weighted by Gasteiger charge is 2.16. The molecule has 0 spiro atoms. The molecule has 0 unspecified atom stereocenters. The first-order chi connectivity index (χ1) is 7.54.